The van der Waals surface area contributed by atoms with Crippen molar-refractivity contribution >= 4 is 17.0 Å². The van der Waals surface area contributed by atoms with Gasteiger partial charge in [-0.15, -0.1) is 11.3 Å². The molecule has 0 N–H and O–H groups in total. The zero-order chi connectivity index (χ0) is 17.2. The molecule has 4 heteroatoms. The highest BCUT2D eigenvalue weighted by molar-refractivity contribution is 7.12. The van der Waals surface area contributed by atoms with Crippen LogP contribution in [0.3, 0.4) is 0 Å². The lowest BCUT2D eigenvalue weighted by Crippen LogP contribution is -2.22. The molecule has 2 aromatic rings. The molecule has 0 saturated heterocycles. The largest absolute Gasteiger partial charge is 0.370 e. The van der Waals surface area contributed by atoms with Gasteiger partial charge in [-0.2, -0.15) is 0 Å². The van der Waals surface area contributed by atoms with Crippen LogP contribution >= 0.6 is 11.3 Å². The Bertz CT molecular complexity index is 666. The second-order valence-electron chi connectivity index (χ2n) is 6.73. The topological polar surface area (TPSA) is 16.1 Å². The van der Waals surface area contributed by atoms with Crippen LogP contribution in [0, 0.1) is 5.82 Å². The minimum atomic E-state index is -0.168. The van der Waals surface area contributed by atoms with E-state index in [1.54, 1.807) is 17.4 Å². The second-order valence-corrected chi connectivity index (χ2v) is 7.82. The first-order chi connectivity index (χ1) is 10.8. The van der Waals surface area contributed by atoms with E-state index in [9.17, 15) is 4.39 Å². The quantitative estimate of drug-likeness (QED) is 0.702. The Morgan fingerprint density at radius 3 is 2.26 bits per heavy atom. The molecule has 0 amide bonds. The first-order valence-electron chi connectivity index (χ1n) is 8.36. The molecular formula is C19H27FN2S. The highest BCUT2D eigenvalue weighted by Crippen LogP contribution is 2.36. The number of hydrogen-bond donors (Lipinski definition) is 0. The van der Waals surface area contributed by atoms with Crippen LogP contribution in [-0.2, 0) is 11.8 Å². The van der Waals surface area contributed by atoms with Gasteiger partial charge >= 0.3 is 0 Å². The summed E-state index contributed by atoms with van der Waals surface area (Å²) in [6, 6.07) is 5.51. The molecule has 1 aromatic carbocycles. The van der Waals surface area contributed by atoms with Crippen LogP contribution in [0.2, 0.25) is 0 Å². The summed E-state index contributed by atoms with van der Waals surface area (Å²) in [5.74, 6) is -0.168. The van der Waals surface area contributed by atoms with Gasteiger partial charge in [-0.05, 0) is 32.4 Å². The highest BCUT2D eigenvalue weighted by atomic mass is 32.1. The van der Waals surface area contributed by atoms with Crippen molar-refractivity contribution in [1.82, 2.24) is 4.98 Å². The lowest BCUT2D eigenvalue weighted by molar-refractivity contribution is 0.586. The molecule has 0 saturated carbocycles. The number of aromatic nitrogens is 1. The standard InChI is InChI=1S/C19H27FN2S/c1-7-16-17(21-18(23-16)19(4,5)6)13-10-11-15(14(20)12-13)22(8-2)9-3/h10-12H,7-9H2,1-6H3. The van der Waals surface area contributed by atoms with Crippen LogP contribution in [0.15, 0.2) is 18.2 Å². The van der Waals surface area contributed by atoms with Gasteiger partial charge in [0.15, 0.2) is 0 Å². The molecule has 126 valence electrons. The summed E-state index contributed by atoms with van der Waals surface area (Å²) in [6.45, 7) is 14.3. The molecule has 0 bridgehead atoms. The normalized spacial score (nSPS) is 11.8. The molecule has 0 atom stereocenters. The third-order valence-corrected chi connectivity index (χ3v) is 5.61. The maximum atomic E-state index is 14.6. The maximum absolute atomic E-state index is 14.6. The maximum Gasteiger partial charge on any atom is 0.147 e. The van der Waals surface area contributed by atoms with E-state index in [0.29, 0.717) is 5.69 Å². The van der Waals surface area contributed by atoms with E-state index < -0.39 is 0 Å². The van der Waals surface area contributed by atoms with Crippen LogP contribution in [0.25, 0.3) is 11.3 Å². The van der Waals surface area contributed by atoms with Crippen molar-refractivity contribution in [1.29, 1.82) is 0 Å². The smallest absolute Gasteiger partial charge is 0.147 e. The van der Waals surface area contributed by atoms with Crippen molar-refractivity contribution in [3.63, 3.8) is 0 Å². The fourth-order valence-electron chi connectivity index (χ4n) is 2.61. The van der Waals surface area contributed by atoms with E-state index in [-0.39, 0.29) is 11.2 Å². The molecule has 2 rings (SSSR count). The Morgan fingerprint density at radius 1 is 1.13 bits per heavy atom. The number of rotatable bonds is 5. The van der Waals surface area contributed by atoms with Gasteiger partial charge in [0.1, 0.15) is 5.82 Å². The zero-order valence-corrected chi connectivity index (χ0v) is 15.9. The van der Waals surface area contributed by atoms with E-state index in [1.165, 1.54) is 4.88 Å². The summed E-state index contributed by atoms with van der Waals surface area (Å²) in [7, 11) is 0. The van der Waals surface area contributed by atoms with E-state index >= 15 is 0 Å². The van der Waals surface area contributed by atoms with Crippen molar-refractivity contribution in [3.8, 4) is 11.3 Å². The van der Waals surface area contributed by atoms with Crippen LogP contribution < -0.4 is 4.90 Å². The van der Waals surface area contributed by atoms with Gasteiger partial charge in [0.05, 0.1) is 16.4 Å². The molecule has 0 fully saturated rings. The predicted molar refractivity (Wildman–Crippen MR) is 99.1 cm³/mol. The third-order valence-electron chi connectivity index (χ3n) is 3.99. The summed E-state index contributed by atoms with van der Waals surface area (Å²) in [5.41, 5.74) is 2.50. The molecule has 0 unspecified atom stereocenters. The number of hydrogen-bond acceptors (Lipinski definition) is 3. The Morgan fingerprint density at radius 2 is 1.78 bits per heavy atom. The molecular weight excluding hydrogens is 307 g/mol. The molecule has 23 heavy (non-hydrogen) atoms. The summed E-state index contributed by atoms with van der Waals surface area (Å²) in [4.78, 5) is 8.07. The summed E-state index contributed by atoms with van der Waals surface area (Å²) in [5, 5.41) is 1.11. The van der Waals surface area contributed by atoms with E-state index in [4.69, 9.17) is 4.98 Å². The van der Waals surface area contributed by atoms with Gasteiger partial charge < -0.3 is 4.90 Å². The Kier molecular flexibility index (Phi) is 5.45. The van der Waals surface area contributed by atoms with Crippen LogP contribution in [0.1, 0.15) is 51.4 Å². The highest BCUT2D eigenvalue weighted by Gasteiger charge is 2.22. The lowest BCUT2D eigenvalue weighted by Gasteiger charge is -2.21. The van der Waals surface area contributed by atoms with E-state index in [2.05, 4.69) is 27.7 Å². The molecule has 1 heterocycles. The van der Waals surface area contributed by atoms with Crippen molar-refractivity contribution in [2.24, 2.45) is 0 Å². The molecule has 1 aromatic heterocycles. The monoisotopic (exact) mass is 334 g/mol. The first kappa shape index (κ1) is 17.9. The molecule has 0 spiro atoms. The van der Waals surface area contributed by atoms with Crippen LogP contribution in [0.5, 0.6) is 0 Å². The summed E-state index contributed by atoms with van der Waals surface area (Å²) >= 11 is 1.74. The fraction of sp³-hybridized carbons (Fsp3) is 0.526. The van der Waals surface area contributed by atoms with Gasteiger partial charge in [-0.3, -0.25) is 0 Å². The number of halogens is 1. The van der Waals surface area contributed by atoms with Gasteiger partial charge in [-0.25, -0.2) is 9.37 Å². The summed E-state index contributed by atoms with van der Waals surface area (Å²) in [6.07, 6.45) is 0.919. The minimum absolute atomic E-state index is 0.0204. The Balaban J connectivity index is 2.47. The number of nitrogens with zero attached hydrogens (tertiary/aromatic N) is 2. The van der Waals surface area contributed by atoms with Crippen molar-refractivity contribution in [2.75, 3.05) is 18.0 Å². The Hall–Kier alpha value is -1.42. The van der Waals surface area contributed by atoms with Crippen molar-refractivity contribution in [2.45, 2.75) is 53.4 Å². The second kappa shape index (κ2) is 7.00. The average molecular weight is 335 g/mol. The van der Waals surface area contributed by atoms with Crippen molar-refractivity contribution < 1.29 is 4.39 Å². The zero-order valence-electron chi connectivity index (χ0n) is 15.0. The minimum Gasteiger partial charge on any atom is -0.370 e. The Labute approximate surface area is 143 Å². The molecule has 0 aliphatic carbocycles. The average Bonchev–Trinajstić information content (AvgIpc) is 2.94. The first-order valence-corrected chi connectivity index (χ1v) is 9.18. The number of benzene rings is 1. The third kappa shape index (κ3) is 3.74. The van der Waals surface area contributed by atoms with Gasteiger partial charge in [-0.1, -0.05) is 33.8 Å². The van der Waals surface area contributed by atoms with Crippen molar-refractivity contribution in [3.05, 3.63) is 33.9 Å². The van der Waals surface area contributed by atoms with Gasteiger partial charge in [0.2, 0.25) is 0 Å². The number of thiazole rings is 1. The lowest BCUT2D eigenvalue weighted by atomic mass is 9.98. The molecule has 0 aliphatic rings. The number of aryl methyl sites for hydroxylation is 1. The molecule has 2 nitrogen and oxygen atoms in total. The van der Waals surface area contributed by atoms with Gasteiger partial charge in [0, 0.05) is 28.9 Å². The van der Waals surface area contributed by atoms with Crippen LogP contribution in [-0.4, -0.2) is 18.1 Å². The number of anilines is 1. The molecule has 0 radical (unpaired) electrons. The van der Waals surface area contributed by atoms with Gasteiger partial charge in [0.25, 0.3) is 0 Å². The SMILES string of the molecule is CCc1sc(C(C)(C)C)nc1-c1ccc(N(CC)CC)c(F)c1. The van der Waals surface area contributed by atoms with E-state index in [1.807, 2.05) is 30.9 Å². The van der Waals surface area contributed by atoms with Crippen LogP contribution in [0.4, 0.5) is 10.1 Å². The molecule has 0 aliphatic heterocycles. The predicted octanol–water partition coefficient (Wildman–Crippen LogP) is 5.66. The fourth-order valence-corrected chi connectivity index (χ4v) is 3.69. The summed E-state index contributed by atoms with van der Waals surface area (Å²) < 4.78 is 14.6. The van der Waals surface area contributed by atoms with E-state index in [0.717, 1.165) is 35.8 Å².